The zero-order valence-electron chi connectivity index (χ0n) is 16.7. The lowest BCUT2D eigenvalue weighted by Crippen LogP contribution is -2.23. The fourth-order valence-electron chi connectivity index (χ4n) is 3.08. The molecule has 2 aromatic rings. The van der Waals surface area contributed by atoms with E-state index in [0.29, 0.717) is 11.3 Å². The number of anilines is 1. The minimum absolute atomic E-state index is 0.0465. The van der Waals surface area contributed by atoms with E-state index in [1.165, 1.54) is 19.3 Å². The van der Waals surface area contributed by atoms with Gasteiger partial charge in [0, 0.05) is 37.4 Å². The molecule has 6 nitrogen and oxygen atoms in total. The molecule has 0 aromatic heterocycles. The number of hydrogen-bond acceptors (Lipinski definition) is 4. The molecule has 1 aliphatic heterocycles. The predicted octanol–water partition coefficient (Wildman–Crippen LogP) is 4.20. The number of alkyl halides is 3. The summed E-state index contributed by atoms with van der Waals surface area (Å²) >= 11 is 5.81. The molecule has 0 saturated heterocycles. The van der Waals surface area contributed by atoms with Crippen LogP contribution in [0, 0.1) is 0 Å². The van der Waals surface area contributed by atoms with Gasteiger partial charge in [0.25, 0.3) is 11.8 Å². The first-order valence-electron chi connectivity index (χ1n) is 9.38. The zero-order chi connectivity index (χ0) is 23.5. The molecule has 0 unspecified atom stereocenters. The van der Waals surface area contributed by atoms with Gasteiger partial charge >= 0.3 is 6.18 Å². The van der Waals surface area contributed by atoms with Crippen LogP contribution in [0.25, 0.3) is 0 Å². The number of amides is 2. The first-order chi connectivity index (χ1) is 15.1. The summed E-state index contributed by atoms with van der Waals surface area (Å²) in [4.78, 5) is 40.7. The number of rotatable bonds is 6. The fourth-order valence-corrected chi connectivity index (χ4v) is 3.41. The van der Waals surface area contributed by atoms with Gasteiger partial charge in [-0.05, 0) is 29.8 Å². The molecule has 2 amide bonds. The Morgan fingerprint density at radius 1 is 1.06 bits per heavy atom. The highest BCUT2D eigenvalue weighted by molar-refractivity contribution is 6.34. The SMILES string of the molecule is CNC(=O)C1=C(C(=O)Nc2ccc(CC(=O)c3cccc(C(F)(F)F)c3Cl)cc2)CC=N1. The highest BCUT2D eigenvalue weighted by atomic mass is 35.5. The van der Waals surface area contributed by atoms with Gasteiger partial charge in [-0.3, -0.25) is 19.4 Å². The minimum Gasteiger partial charge on any atom is -0.354 e. The zero-order valence-corrected chi connectivity index (χ0v) is 17.5. The second-order valence-corrected chi connectivity index (χ2v) is 7.22. The summed E-state index contributed by atoms with van der Waals surface area (Å²) in [6.07, 6.45) is -3.15. The monoisotopic (exact) mass is 463 g/mol. The van der Waals surface area contributed by atoms with E-state index in [4.69, 9.17) is 11.6 Å². The van der Waals surface area contributed by atoms with Gasteiger partial charge in [-0.15, -0.1) is 0 Å². The average molecular weight is 464 g/mol. The third-order valence-electron chi connectivity index (χ3n) is 4.70. The third kappa shape index (κ3) is 5.05. The number of hydrogen-bond donors (Lipinski definition) is 2. The normalized spacial score (nSPS) is 13.3. The maximum Gasteiger partial charge on any atom is 0.417 e. The second-order valence-electron chi connectivity index (χ2n) is 6.84. The molecule has 166 valence electrons. The number of aliphatic imine (C=N–C) groups is 1. The van der Waals surface area contributed by atoms with Crippen molar-refractivity contribution >= 4 is 41.1 Å². The number of likely N-dealkylation sites (N-methyl/N-ethyl adjacent to an activating group) is 1. The molecule has 1 heterocycles. The van der Waals surface area contributed by atoms with Crippen LogP contribution < -0.4 is 10.6 Å². The number of nitrogens with zero attached hydrogens (tertiary/aromatic N) is 1. The van der Waals surface area contributed by atoms with Crippen molar-refractivity contribution in [1.29, 1.82) is 0 Å². The molecule has 0 radical (unpaired) electrons. The van der Waals surface area contributed by atoms with Crippen LogP contribution in [0.3, 0.4) is 0 Å². The summed E-state index contributed by atoms with van der Waals surface area (Å²) in [6.45, 7) is 0. The van der Waals surface area contributed by atoms with E-state index in [2.05, 4.69) is 15.6 Å². The molecule has 0 spiro atoms. The number of halogens is 4. The summed E-state index contributed by atoms with van der Waals surface area (Å²) in [7, 11) is 1.44. The molecule has 0 aliphatic carbocycles. The van der Waals surface area contributed by atoms with E-state index in [-0.39, 0.29) is 29.7 Å². The summed E-state index contributed by atoms with van der Waals surface area (Å²) in [6, 6.07) is 9.42. The molecule has 2 N–H and O–H groups in total. The Hall–Kier alpha value is -3.46. The molecule has 0 atom stereocenters. The van der Waals surface area contributed by atoms with Crippen LogP contribution in [0.4, 0.5) is 18.9 Å². The Morgan fingerprint density at radius 2 is 1.75 bits per heavy atom. The molecule has 2 aromatic carbocycles. The summed E-state index contributed by atoms with van der Waals surface area (Å²) < 4.78 is 39.0. The van der Waals surface area contributed by atoms with Crippen molar-refractivity contribution in [2.45, 2.75) is 19.0 Å². The first kappa shape index (κ1) is 23.2. The molecule has 3 rings (SSSR count). The molecular formula is C22H17ClF3N3O3. The van der Waals surface area contributed by atoms with E-state index in [0.717, 1.165) is 12.1 Å². The second kappa shape index (κ2) is 9.35. The van der Waals surface area contributed by atoms with Crippen molar-refractivity contribution in [3.05, 3.63) is 75.4 Å². The molecule has 0 bridgehead atoms. The van der Waals surface area contributed by atoms with Crippen LogP contribution in [0.2, 0.25) is 5.02 Å². The van der Waals surface area contributed by atoms with Crippen LogP contribution in [0.1, 0.15) is 27.9 Å². The van der Waals surface area contributed by atoms with E-state index >= 15 is 0 Å². The van der Waals surface area contributed by atoms with E-state index in [9.17, 15) is 27.6 Å². The highest BCUT2D eigenvalue weighted by Gasteiger charge is 2.34. The van der Waals surface area contributed by atoms with Gasteiger partial charge in [-0.2, -0.15) is 13.2 Å². The summed E-state index contributed by atoms with van der Waals surface area (Å²) in [5.74, 6) is -1.52. The maximum atomic E-state index is 13.0. The van der Waals surface area contributed by atoms with Crippen LogP contribution in [0.15, 0.2) is 58.7 Å². The van der Waals surface area contributed by atoms with Crippen LogP contribution in [-0.2, 0) is 22.2 Å². The van der Waals surface area contributed by atoms with Crippen molar-refractivity contribution in [1.82, 2.24) is 5.32 Å². The van der Waals surface area contributed by atoms with Gasteiger partial charge < -0.3 is 10.6 Å². The Balaban J connectivity index is 1.70. The summed E-state index contributed by atoms with van der Waals surface area (Å²) in [5.41, 5.74) is -0.0685. The maximum absolute atomic E-state index is 13.0. The predicted molar refractivity (Wildman–Crippen MR) is 114 cm³/mol. The first-order valence-corrected chi connectivity index (χ1v) is 9.76. The van der Waals surface area contributed by atoms with Gasteiger partial charge in [0.2, 0.25) is 0 Å². The number of carbonyl (C=O) groups is 3. The van der Waals surface area contributed by atoms with Crippen LogP contribution in [0.5, 0.6) is 0 Å². The molecule has 1 aliphatic rings. The van der Waals surface area contributed by atoms with Crippen molar-refractivity contribution in [2.24, 2.45) is 4.99 Å². The van der Waals surface area contributed by atoms with E-state index in [1.54, 1.807) is 24.3 Å². The molecular weight excluding hydrogens is 447 g/mol. The minimum atomic E-state index is -4.66. The lowest BCUT2D eigenvalue weighted by Gasteiger charge is -2.12. The molecule has 32 heavy (non-hydrogen) atoms. The van der Waals surface area contributed by atoms with E-state index in [1.807, 2.05) is 0 Å². The van der Waals surface area contributed by atoms with Gasteiger partial charge in [0.15, 0.2) is 5.78 Å². The van der Waals surface area contributed by atoms with Crippen LogP contribution >= 0.6 is 11.6 Å². The Bertz CT molecular complexity index is 1140. The standard InChI is InChI=1S/C22H17ClF3N3O3/c1-27-21(32)19-15(9-10-28-19)20(31)29-13-7-5-12(6-8-13)11-17(30)14-3-2-4-16(18(14)23)22(24,25)26/h2-8,10H,9,11H2,1H3,(H,27,32)(H,29,31). The Labute approximate surface area is 186 Å². The van der Waals surface area contributed by atoms with Crippen LogP contribution in [-0.4, -0.2) is 30.9 Å². The highest BCUT2D eigenvalue weighted by Crippen LogP contribution is 2.36. The summed E-state index contributed by atoms with van der Waals surface area (Å²) in [5, 5.41) is 4.43. The number of ketones is 1. The number of nitrogens with one attached hydrogen (secondary N) is 2. The quantitative estimate of drug-likeness (QED) is 0.629. The van der Waals surface area contributed by atoms with Gasteiger partial charge in [0.05, 0.1) is 16.2 Å². The average Bonchev–Trinajstić information content (AvgIpc) is 3.24. The van der Waals surface area contributed by atoms with Gasteiger partial charge in [-0.1, -0.05) is 29.8 Å². The van der Waals surface area contributed by atoms with Crippen molar-refractivity contribution < 1.29 is 27.6 Å². The van der Waals surface area contributed by atoms with Crippen molar-refractivity contribution in [2.75, 3.05) is 12.4 Å². The van der Waals surface area contributed by atoms with Gasteiger partial charge in [0.1, 0.15) is 5.70 Å². The molecule has 0 saturated carbocycles. The Morgan fingerprint density at radius 3 is 2.38 bits per heavy atom. The van der Waals surface area contributed by atoms with E-state index < -0.39 is 34.4 Å². The van der Waals surface area contributed by atoms with Crippen molar-refractivity contribution in [3.63, 3.8) is 0 Å². The van der Waals surface area contributed by atoms with Crippen molar-refractivity contribution in [3.8, 4) is 0 Å². The topological polar surface area (TPSA) is 87.6 Å². The molecule has 10 heteroatoms. The largest absolute Gasteiger partial charge is 0.417 e. The lowest BCUT2D eigenvalue weighted by atomic mass is 10.0. The third-order valence-corrected chi connectivity index (χ3v) is 5.11. The van der Waals surface area contributed by atoms with Gasteiger partial charge in [-0.25, -0.2) is 0 Å². The number of Topliss-reactive ketones (excluding diaryl/α,β-unsaturated/α-hetero) is 1. The Kier molecular flexibility index (Phi) is 6.78. The molecule has 0 fully saturated rings. The smallest absolute Gasteiger partial charge is 0.354 e. The number of benzene rings is 2. The lowest BCUT2D eigenvalue weighted by molar-refractivity contribution is -0.137. The fraction of sp³-hybridized carbons (Fsp3) is 0.182. The number of carbonyl (C=O) groups excluding carboxylic acids is 3.